The smallest absolute Gasteiger partial charge is 0.0390 e. The van der Waals surface area contributed by atoms with Crippen LogP contribution >= 0.6 is 11.3 Å². The number of rotatable bonds is 5. The molecule has 1 aliphatic carbocycles. The predicted octanol–water partition coefficient (Wildman–Crippen LogP) is 4.99. The van der Waals surface area contributed by atoms with E-state index in [1.54, 1.807) is 0 Å². The molecule has 0 amide bonds. The highest BCUT2D eigenvalue weighted by atomic mass is 32.1. The van der Waals surface area contributed by atoms with Crippen molar-refractivity contribution in [1.29, 1.82) is 0 Å². The van der Waals surface area contributed by atoms with Gasteiger partial charge in [0.2, 0.25) is 0 Å². The summed E-state index contributed by atoms with van der Waals surface area (Å²) < 4.78 is 1.47. The molecule has 0 spiro atoms. The van der Waals surface area contributed by atoms with Crippen molar-refractivity contribution in [2.75, 3.05) is 6.54 Å². The van der Waals surface area contributed by atoms with E-state index in [1.807, 2.05) is 11.3 Å². The Bertz CT molecular complexity index is 569. The van der Waals surface area contributed by atoms with Crippen LogP contribution in [0.15, 0.2) is 29.6 Å². The van der Waals surface area contributed by atoms with E-state index in [-0.39, 0.29) is 0 Å². The number of benzene rings is 1. The van der Waals surface area contributed by atoms with Crippen molar-refractivity contribution in [2.24, 2.45) is 11.3 Å². The van der Waals surface area contributed by atoms with E-state index in [2.05, 4.69) is 55.7 Å². The van der Waals surface area contributed by atoms with Crippen molar-refractivity contribution < 1.29 is 0 Å². The summed E-state index contributed by atoms with van der Waals surface area (Å²) in [6.45, 7) is 8.15. The standard InChI is InChI=1S/C17H23NS/c1-4-9-18-15(14-11-17(14,2)3)13-7-5-6-12-8-10-19-16(12)13/h5-8,10,14-15,18H,4,9,11H2,1-3H3. The minimum atomic E-state index is 0.505. The lowest BCUT2D eigenvalue weighted by atomic mass is 9.96. The molecule has 19 heavy (non-hydrogen) atoms. The Morgan fingerprint density at radius 3 is 2.84 bits per heavy atom. The highest BCUT2D eigenvalue weighted by molar-refractivity contribution is 7.17. The molecule has 102 valence electrons. The van der Waals surface area contributed by atoms with Gasteiger partial charge in [-0.15, -0.1) is 11.3 Å². The zero-order valence-electron chi connectivity index (χ0n) is 12.1. The molecule has 0 radical (unpaired) electrons. The average Bonchev–Trinajstić information content (AvgIpc) is 2.82. The highest BCUT2D eigenvalue weighted by Gasteiger charge is 2.50. The van der Waals surface area contributed by atoms with Gasteiger partial charge >= 0.3 is 0 Å². The van der Waals surface area contributed by atoms with Crippen LogP contribution in [0.5, 0.6) is 0 Å². The van der Waals surface area contributed by atoms with Gasteiger partial charge in [0.25, 0.3) is 0 Å². The molecule has 2 atom stereocenters. The maximum atomic E-state index is 3.79. The second-order valence-electron chi connectivity index (χ2n) is 6.42. The van der Waals surface area contributed by atoms with Gasteiger partial charge in [-0.05, 0) is 53.1 Å². The van der Waals surface area contributed by atoms with E-state index in [9.17, 15) is 0 Å². The molecule has 0 bridgehead atoms. The molecule has 2 unspecified atom stereocenters. The zero-order valence-corrected chi connectivity index (χ0v) is 12.9. The number of nitrogens with one attached hydrogen (secondary N) is 1. The Kier molecular flexibility index (Phi) is 3.40. The van der Waals surface area contributed by atoms with Crippen LogP contribution in [0.25, 0.3) is 10.1 Å². The molecule has 1 N–H and O–H groups in total. The molecule has 3 rings (SSSR count). The van der Waals surface area contributed by atoms with Crippen LogP contribution in [0, 0.1) is 11.3 Å². The van der Waals surface area contributed by atoms with E-state index < -0.39 is 0 Å². The van der Waals surface area contributed by atoms with Gasteiger partial charge in [0.05, 0.1) is 0 Å². The normalized spacial score (nSPS) is 22.6. The van der Waals surface area contributed by atoms with E-state index in [0.717, 1.165) is 12.5 Å². The maximum Gasteiger partial charge on any atom is 0.0390 e. The number of thiophene rings is 1. The van der Waals surface area contributed by atoms with Crippen LogP contribution in [0.2, 0.25) is 0 Å². The minimum absolute atomic E-state index is 0.505. The van der Waals surface area contributed by atoms with E-state index >= 15 is 0 Å². The Hall–Kier alpha value is -0.860. The molecule has 1 fully saturated rings. The van der Waals surface area contributed by atoms with Gasteiger partial charge in [0.15, 0.2) is 0 Å². The van der Waals surface area contributed by atoms with Crippen molar-refractivity contribution >= 4 is 21.4 Å². The summed E-state index contributed by atoms with van der Waals surface area (Å²) >= 11 is 1.88. The summed E-state index contributed by atoms with van der Waals surface area (Å²) in [5.41, 5.74) is 2.02. The van der Waals surface area contributed by atoms with E-state index in [0.29, 0.717) is 11.5 Å². The van der Waals surface area contributed by atoms with Crippen molar-refractivity contribution in [3.05, 3.63) is 35.2 Å². The van der Waals surface area contributed by atoms with Crippen LogP contribution in [0.4, 0.5) is 0 Å². The van der Waals surface area contributed by atoms with E-state index in [4.69, 9.17) is 0 Å². The van der Waals surface area contributed by atoms with Gasteiger partial charge in [-0.3, -0.25) is 0 Å². The summed E-state index contributed by atoms with van der Waals surface area (Å²) in [7, 11) is 0. The molecule has 1 nitrogen and oxygen atoms in total. The molecule has 2 aromatic rings. The third kappa shape index (κ3) is 2.44. The number of fused-ring (bicyclic) bond motifs is 1. The second-order valence-corrected chi connectivity index (χ2v) is 7.33. The first kappa shape index (κ1) is 13.1. The summed E-state index contributed by atoms with van der Waals surface area (Å²) in [5, 5.41) is 7.40. The molecule has 1 heterocycles. The third-order valence-electron chi connectivity index (χ3n) is 4.45. The van der Waals surface area contributed by atoms with Gasteiger partial charge in [-0.2, -0.15) is 0 Å². The molecule has 2 heteroatoms. The first-order chi connectivity index (χ1) is 9.13. The fourth-order valence-electron chi connectivity index (χ4n) is 3.11. The summed E-state index contributed by atoms with van der Waals surface area (Å²) in [4.78, 5) is 0. The predicted molar refractivity (Wildman–Crippen MR) is 84.7 cm³/mol. The Morgan fingerprint density at radius 2 is 2.16 bits per heavy atom. The molecule has 1 aromatic heterocycles. The second kappa shape index (κ2) is 4.92. The molecule has 1 saturated carbocycles. The summed E-state index contributed by atoms with van der Waals surface area (Å²) in [5.74, 6) is 0.784. The highest BCUT2D eigenvalue weighted by Crippen LogP contribution is 2.58. The van der Waals surface area contributed by atoms with Crippen LogP contribution in [-0.2, 0) is 0 Å². The lowest BCUT2D eigenvalue weighted by Crippen LogP contribution is -2.25. The Labute approximate surface area is 120 Å². The van der Waals surface area contributed by atoms with Gasteiger partial charge in [0, 0.05) is 10.7 Å². The minimum Gasteiger partial charge on any atom is -0.310 e. The van der Waals surface area contributed by atoms with Crippen LogP contribution < -0.4 is 5.32 Å². The quantitative estimate of drug-likeness (QED) is 0.809. The van der Waals surface area contributed by atoms with Crippen LogP contribution in [-0.4, -0.2) is 6.54 Å². The average molecular weight is 273 g/mol. The molecule has 1 aromatic carbocycles. The first-order valence-corrected chi connectivity index (χ1v) is 8.21. The van der Waals surface area contributed by atoms with Crippen molar-refractivity contribution in [2.45, 2.75) is 39.7 Å². The third-order valence-corrected chi connectivity index (χ3v) is 5.43. The fourth-order valence-corrected chi connectivity index (χ4v) is 4.06. The lowest BCUT2D eigenvalue weighted by molar-refractivity contribution is 0.418. The summed E-state index contributed by atoms with van der Waals surface area (Å²) in [6, 6.07) is 9.51. The molecule has 0 saturated heterocycles. The number of hydrogen-bond donors (Lipinski definition) is 1. The SMILES string of the molecule is CCCNC(c1cccc2ccsc12)C1CC1(C)C. The van der Waals surface area contributed by atoms with Crippen LogP contribution in [0.1, 0.15) is 45.2 Å². The Morgan fingerprint density at radius 1 is 1.37 bits per heavy atom. The molecule has 0 aliphatic heterocycles. The maximum absolute atomic E-state index is 3.79. The largest absolute Gasteiger partial charge is 0.310 e. The molecular weight excluding hydrogens is 250 g/mol. The van der Waals surface area contributed by atoms with Gasteiger partial charge in [0.1, 0.15) is 0 Å². The van der Waals surface area contributed by atoms with Crippen molar-refractivity contribution in [3.8, 4) is 0 Å². The summed E-state index contributed by atoms with van der Waals surface area (Å²) in [6.07, 6.45) is 2.54. The monoisotopic (exact) mass is 273 g/mol. The Balaban J connectivity index is 1.97. The van der Waals surface area contributed by atoms with Crippen molar-refractivity contribution in [1.82, 2.24) is 5.32 Å². The topological polar surface area (TPSA) is 12.0 Å². The van der Waals surface area contributed by atoms with Crippen LogP contribution in [0.3, 0.4) is 0 Å². The molecular formula is C17H23NS. The van der Waals surface area contributed by atoms with Crippen molar-refractivity contribution in [3.63, 3.8) is 0 Å². The van der Waals surface area contributed by atoms with Gasteiger partial charge in [-0.25, -0.2) is 0 Å². The van der Waals surface area contributed by atoms with Gasteiger partial charge < -0.3 is 5.32 Å². The van der Waals surface area contributed by atoms with E-state index in [1.165, 1.54) is 28.5 Å². The fraction of sp³-hybridized carbons (Fsp3) is 0.529. The lowest BCUT2D eigenvalue weighted by Gasteiger charge is -2.21. The number of hydrogen-bond acceptors (Lipinski definition) is 2. The van der Waals surface area contributed by atoms with Gasteiger partial charge in [-0.1, -0.05) is 39.0 Å². The zero-order chi connectivity index (χ0) is 13.5. The molecule has 1 aliphatic rings. The first-order valence-electron chi connectivity index (χ1n) is 7.33.